The third-order valence-electron chi connectivity index (χ3n) is 7.51. The quantitative estimate of drug-likeness (QED) is 0.253. The zero-order chi connectivity index (χ0) is 23.1. The largest absolute Gasteiger partial charge is 0.494 e. The number of hydrogen-bond acceptors (Lipinski definition) is 2. The van der Waals surface area contributed by atoms with Crippen molar-refractivity contribution in [2.45, 2.75) is 110 Å². The number of unbranched alkanes of at least 4 members (excludes halogenated alkanes) is 6. The van der Waals surface area contributed by atoms with Gasteiger partial charge >= 0.3 is 0 Å². The summed E-state index contributed by atoms with van der Waals surface area (Å²) in [5.74, 6) is 2.88. The minimum Gasteiger partial charge on any atom is -0.494 e. The Morgan fingerprint density at radius 3 is 2.06 bits per heavy atom. The third kappa shape index (κ3) is 9.51. The highest BCUT2D eigenvalue weighted by Crippen LogP contribution is 2.34. The fourth-order valence-electron chi connectivity index (χ4n) is 5.19. The molecule has 1 aliphatic rings. The van der Waals surface area contributed by atoms with Crippen molar-refractivity contribution in [2.75, 3.05) is 6.61 Å². The highest BCUT2D eigenvalue weighted by Gasteiger charge is 2.20. The number of hydrogen-bond donors (Lipinski definition) is 0. The van der Waals surface area contributed by atoms with Crippen LogP contribution in [0, 0.1) is 11.8 Å². The first kappa shape index (κ1) is 25.8. The molecule has 0 radical (unpaired) electrons. The van der Waals surface area contributed by atoms with Crippen LogP contribution in [0.5, 0.6) is 5.75 Å². The van der Waals surface area contributed by atoms with Gasteiger partial charge in [0.2, 0.25) is 0 Å². The second kappa shape index (κ2) is 15.1. The molecule has 0 saturated heterocycles. The van der Waals surface area contributed by atoms with Gasteiger partial charge in [0.15, 0.2) is 0 Å². The van der Waals surface area contributed by atoms with Gasteiger partial charge in [-0.3, -0.25) is 4.98 Å². The predicted molar refractivity (Wildman–Crippen MR) is 142 cm³/mol. The molecule has 0 bridgehead atoms. The Kier molecular flexibility index (Phi) is 11.8. The molecular formula is C31H47NO. The summed E-state index contributed by atoms with van der Waals surface area (Å²) in [5.41, 5.74) is 3.59. The van der Waals surface area contributed by atoms with Gasteiger partial charge in [0, 0.05) is 11.8 Å². The summed E-state index contributed by atoms with van der Waals surface area (Å²) in [7, 11) is 0. The van der Waals surface area contributed by atoms with E-state index in [-0.39, 0.29) is 0 Å². The first-order chi connectivity index (χ1) is 16.3. The van der Waals surface area contributed by atoms with Gasteiger partial charge in [-0.1, -0.05) is 97.0 Å². The lowest BCUT2D eigenvalue weighted by atomic mass is 9.78. The van der Waals surface area contributed by atoms with E-state index in [1.165, 1.54) is 89.0 Å². The molecule has 182 valence electrons. The fraction of sp³-hybridized carbons (Fsp3) is 0.645. The Morgan fingerprint density at radius 2 is 1.39 bits per heavy atom. The van der Waals surface area contributed by atoms with Gasteiger partial charge < -0.3 is 4.74 Å². The Labute approximate surface area is 203 Å². The molecule has 1 saturated carbocycles. The lowest BCUT2D eigenvalue weighted by Gasteiger charge is -2.28. The standard InChI is InChI=1S/C31H47NO/c1-3-5-7-8-9-10-11-26-12-14-27(15-13-26)16-17-28-18-23-31(32-25-28)29-19-21-30(22-20-29)33-24-6-4-2/h18-23,25-27H,3-17,24H2,1-2H3/t26-,27-. The molecule has 0 amide bonds. The molecule has 2 aromatic rings. The SMILES string of the molecule is CCCCCCCC[C@H]1CC[C@H](CCc2ccc(-c3ccc(OCCCC)cc3)nc2)CC1. The molecule has 0 unspecified atom stereocenters. The summed E-state index contributed by atoms with van der Waals surface area (Å²) in [4.78, 5) is 4.75. The average Bonchev–Trinajstić information content (AvgIpc) is 2.86. The van der Waals surface area contributed by atoms with Crippen LogP contribution in [0.25, 0.3) is 11.3 Å². The summed E-state index contributed by atoms with van der Waals surface area (Å²) in [5, 5.41) is 0. The molecule has 33 heavy (non-hydrogen) atoms. The summed E-state index contributed by atoms with van der Waals surface area (Å²) in [6, 6.07) is 12.8. The molecule has 1 fully saturated rings. The maximum absolute atomic E-state index is 5.77. The van der Waals surface area contributed by atoms with Crippen LogP contribution >= 0.6 is 0 Å². The zero-order valence-corrected chi connectivity index (χ0v) is 21.4. The van der Waals surface area contributed by atoms with Crippen LogP contribution < -0.4 is 4.74 Å². The zero-order valence-electron chi connectivity index (χ0n) is 21.4. The number of ether oxygens (including phenoxy) is 1. The lowest BCUT2D eigenvalue weighted by molar-refractivity contribution is 0.248. The van der Waals surface area contributed by atoms with Crippen molar-refractivity contribution in [1.82, 2.24) is 4.98 Å². The first-order valence-corrected chi connectivity index (χ1v) is 14.0. The Hall–Kier alpha value is -1.83. The van der Waals surface area contributed by atoms with E-state index in [9.17, 15) is 0 Å². The van der Waals surface area contributed by atoms with Crippen molar-refractivity contribution >= 4 is 0 Å². The number of aromatic nitrogens is 1. The van der Waals surface area contributed by atoms with Crippen LogP contribution in [0.15, 0.2) is 42.6 Å². The van der Waals surface area contributed by atoms with Gasteiger partial charge in [-0.15, -0.1) is 0 Å². The average molecular weight is 450 g/mol. The van der Waals surface area contributed by atoms with Crippen molar-refractivity contribution in [3.63, 3.8) is 0 Å². The number of rotatable bonds is 15. The van der Waals surface area contributed by atoms with E-state index < -0.39 is 0 Å². The maximum atomic E-state index is 5.77. The Bertz CT molecular complexity index is 743. The predicted octanol–water partition coefficient (Wildman–Crippen LogP) is 9.42. The van der Waals surface area contributed by atoms with E-state index in [2.05, 4.69) is 56.4 Å². The van der Waals surface area contributed by atoms with Crippen LogP contribution in [-0.2, 0) is 6.42 Å². The van der Waals surface area contributed by atoms with E-state index in [0.717, 1.165) is 48.3 Å². The van der Waals surface area contributed by atoms with Crippen molar-refractivity contribution in [3.05, 3.63) is 48.2 Å². The smallest absolute Gasteiger partial charge is 0.119 e. The van der Waals surface area contributed by atoms with E-state index in [1.54, 1.807) is 0 Å². The van der Waals surface area contributed by atoms with Crippen LogP contribution in [0.1, 0.15) is 109 Å². The van der Waals surface area contributed by atoms with Crippen molar-refractivity contribution in [3.8, 4) is 17.0 Å². The molecule has 0 aliphatic heterocycles. The third-order valence-corrected chi connectivity index (χ3v) is 7.51. The van der Waals surface area contributed by atoms with Gasteiger partial charge in [0.25, 0.3) is 0 Å². The number of aryl methyl sites for hydroxylation is 1. The van der Waals surface area contributed by atoms with E-state index in [4.69, 9.17) is 9.72 Å². The lowest BCUT2D eigenvalue weighted by Crippen LogP contribution is -2.15. The maximum Gasteiger partial charge on any atom is 0.119 e. The molecule has 1 aliphatic carbocycles. The van der Waals surface area contributed by atoms with Crippen molar-refractivity contribution in [2.24, 2.45) is 11.8 Å². The molecule has 3 rings (SSSR count). The second-order valence-corrected chi connectivity index (χ2v) is 10.3. The summed E-state index contributed by atoms with van der Waals surface area (Å²) in [6.07, 6.45) is 22.7. The molecule has 1 heterocycles. The molecular weight excluding hydrogens is 402 g/mol. The van der Waals surface area contributed by atoms with Gasteiger partial charge in [-0.25, -0.2) is 0 Å². The van der Waals surface area contributed by atoms with Gasteiger partial charge in [0.05, 0.1) is 12.3 Å². The van der Waals surface area contributed by atoms with Crippen LogP contribution in [0.4, 0.5) is 0 Å². The molecule has 0 atom stereocenters. The van der Waals surface area contributed by atoms with E-state index in [1.807, 2.05) is 0 Å². The van der Waals surface area contributed by atoms with Crippen molar-refractivity contribution in [1.29, 1.82) is 0 Å². The number of pyridine rings is 1. The summed E-state index contributed by atoms with van der Waals surface area (Å²) >= 11 is 0. The highest BCUT2D eigenvalue weighted by molar-refractivity contribution is 5.60. The Morgan fingerprint density at radius 1 is 0.727 bits per heavy atom. The topological polar surface area (TPSA) is 22.1 Å². The van der Waals surface area contributed by atoms with Gasteiger partial charge in [-0.05, 0) is 67.0 Å². The van der Waals surface area contributed by atoms with Crippen molar-refractivity contribution < 1.29 is 4.74 Å². The number of benzene rings is 1. The normalized spacial score (nSPS) is 18.4. The molecule has 2 heteroatoms. The Balaban J connectivity index is 1.33. The minimum absolute atomic E-state index is 0.795. The molecule has 0 N–H and O–H groups in total. The molecule has 0 spiro atoms. The second-order valence-electron chi connectivity index (χ2n) is 10.3. The molecule has 2 nitrogen and oxygen atoms in total. The molecule has 1 aromatic carbocycles. The van der Waals surface area contributed by atoms with Gasteiger partial charge in [0.1, 0.15) is 5.75 Å². The number of nitrogens with zero attached hydrogens (tertiary/aromatic N) is 1. The van der Waals surface area contributed by atoms with Crippen LogP contribution in [0.2, 0.25) is 0 Å². The van der Waals surface area contributed by atoms with Gasteiger partial charge in [-0.2, -0.15) is 0 Å². The fourth-order valence-corrected chi connectivity index (χ4v) is 5.19. The van der Waals surface area contributed by atoms with E-state index in [0.29, 0.717) is 0 Å². The molecule has 1 aromatic heterocycles. The van der Waals surface area contributed by atoms with E-state index >= 15 is 0 Å². The monoisotopic (exact) mass is 449 g/mol. The van der Waals surface area contributed by atoms with Crippen LogP contribution in [0.3, 0.4) is 0 Å². The highest BCUT2D eigenvalue weighted by atomic mass is 16.5. The first-order valence-electron chi connectivity index (χ1n) is 14.0. The summed E-state index contributed by atoms with van der Waals surface area (Å²) < 4.78 is 5.77. The minimum atomic E-state index is 0.795. The summed E-state index contributed by atoms with van der Waals surface area (Å²) in [6.45, 7) is 5.28. The van der Waals surface area contributed by atoms with Crippen LogP contribution in [-0.4, -0.2) is 11.6 Å².